The van der Waals surface area contributed by atoms with Crippen LogP contribution >= 0.6 is 0 Å². The fourth-order valence-electron chi connectivity index (χ4n) is 20.5. The van der Waals surface area contributed by atoms with Gasteiger partial charge in [0.25, 0.3) is 0 Å². The van der Waals surface area contributed by atoms with Crippen LogP contribution in [0.1, 0.15) is 101 Å². The highest BCUT2D eigenvalue weighted by atomic mass is 19.1. The SMILES string of the molecule is CNc1cc(F)cc2c1Cc1nc(Oc3ccc(C)nc3)nc(N3CC(N)C4(CC4)C3)c1-2.CNc1cc(F)cc2c1Cc1nc(Oc3ccc(C)nc3)nc(N3CC4CNC4C3)c1-2.CNc1cc(F)cc2c1Cc1nc(Oc3ccc(C)nc3)nc(N3CCC4(CC4N)C3)c1-2.CNc1cc(F)cc2c1Cc1nc(Oc3cccc(F)c3)nc(N3C[C@H]4CC3C[C@H]4N)c1-2. The molecule has 12 aromatic rings. The molecule has 24 rings (SSSR count). The van der Waals surface area contributed by atoms with E-state index in [1.54, 1.807) is 69.1 Å². The number of hydrogen-bond donors (Lipinski definition) is 8. The number of benzene rings is 5. The van der Waals surface area contributed by atoms with Crippen molar-refractivity contribution in [2.75, 3.05) is 121 Å². The Bertz CT molecular complexity index is 6380. The first-order chi connectivity index (χ1) is 61.5. The summed E-state index contributed by atoms with van der Waals surface area (Å²) in [5.74, 6) is 4.74. The number of rotatable bonds is 16. The Morgan fingerprint density at radius 3 is 1.17 bits per heavy atom. The molecule has 5 saturated heterocycles. The minimum absolute atomic E-state index is 0.111. The molecule has 7 aliphatic carbocycles. The van der Waals surface area contributed by atoms with Gasteiger partial charge in [-0.1, -0.05) is 6.07 Å². The third kappa shape index (κ3) is 15.1. The van der Waals surface area contributed by atoms with Crippen molar-refractivity contribution in [3.8, 4) is 91.5 Å². The Kier molecular flexibility index (Phi) is 20.3. The second-order valence-corrected chi connectivity index (χ2v) is 35.6. The smallest absolute Gasteiger partial charge is 0.324 e. The molecule has 12 aliphatic rings. The molecule has 27 nitrogen and oxygen atoms in total. The fourth-order valence-corrected chi connectivity index (χ4v) is 20.5. The average Bonchev–Trinajstić information content (AvgIpc) is 1.57. The molecule has 2 bridgehead atoms. The zero-order chi connectivity index (χ0) is 87.2. The lowest BCUT2D eigenvalue weighted by atomic mass is 9.96. The second-order valence-electron chi connectivity index (χ2n) is 35.6. The normalized spacial score (nSPS) is 21.5. The van der Waals surface area contributed by atoms with E-state index < -0.39 is 5.82 Å². The number of aromatic nitrogens is 11. The van der Waals surface area contributed by atoms with Crippen molar-refractivity contribution in [3.63, 3.8) is 0 Å². The van der Waals surface area contributed by atoms with Crippen molar-refractivity contribution in [1.82, 2.24) is 60.1 Å². The Morgan fingerprint density at radius 2 is 0.827 bits per heavy atom. The molecule has 6 unspecified atom stereocenters. The van der Waals surface area contributed by atoms with Crippen LogP contribution in [0.4, 0.5) is 68.0 Å². The highest BCUT2D eigenvalue weighted by Gasteiger charge is 2.57. The Balaban J connectivity index is 0.000000103. The van der Waals surface area contributed by atoms with Crippen LogP contribution in [0.2, 0.25) is 0 Å². The van der Waals surface area contributed by atoms with Crippen LogP contribution in [0.15, 0.2) is 128 Å². The number of nitrogens with zero attached hydrogens (tertiary/aromatic N) is 15. The van der Waals surface area contributed by atoms with Crippen LogP contribution in [-0.4, -0.2) is 166 Å². The monoisotopic (exact) mass is 1720 g/mol. The van der Waals surface area contributed by atoms with Crippen molar-refractivity contribution in [3.05, 3.63) is 219 Å². The van der Waals surface area contributed by atoms with Crippen molar-refractivity contribution in [2.45, 2.75) is 115 Å². The van der Waals surface area contributed by atoms with Gasteiger partial charge in [-0.05, 0) is 207 Å². The van der Waals surface area contributed by atoms with E-state index >= 15 is 0 Å². The van der Waals surface area contributed by atoms with E-state index in [9.17, 15) is 22.0 Å². The molecule has 650 valence electrons. The average molecular weight is 1720 g/mol. The third-order valence-electron chi connectivity index (χ3n) is 27.5. The summed E-state index contributed by atoms with van der Waals surface area (Å²) in [6.07, 6.45) is 13.7. The van der Waals surface area contributed by atoms with E-state index in [4.69, 9.17) is 71.0 Å². The van der Waals surface area contributed by atoms with Crippen LogP contribution in [-0.2, 0) is 25.7 Å². The molecule has 8 atom stereocenters. The lowest BCUT2D eigenvalue weighted by Crippen LogP contribution is -2.51. The number of ether oxygens (including phenoxy) is 4. The van der Waals surface area contributed by atoms with E-state index in [0.29, 0.717) is 72.6 Å². The largest absolute Gasteiger partial charge is 0.424 e. The summed E-state index contributed by atoms with van der Waals surface area (Å²) in [5.41, 5.74) is 39.5. The maximum absolute atomic E-state index is 14.5. The van der Waals surface area contributed by atoms with Gasteiger partial charge in [0.1, 0.15) is 75.4 Å². The molecule has 0 radical (unpaired) electrons. The van der Waals surface area contributed by atoms with Gasteiger partial charge in [0.05, 0.1) is 41.4 Å². The predicted octanol–water partition coefficient (Wildman–Crippen LogP) is 14.5. The second kappa shape index (κ2) is 31.8. The Labute approximate surface area is 730 Å². The molecule has 2 spiro atoms. The number of pyridine rings is 3. The molecular formula is C95H96F5N23O4. The summed E-state index contributed by atoms with van der Waals surface area (Å²) in [6.45, 7) is 12.7. The van der Waals surface area contributed by atoms with Gasteiger partial charge in [-0.25, -0.2) is 22.0 Å². The number of nitrogens with one attached hydrogen (secondary N) is 5. The Morgan fingerprint density at radius 1 is 0.409 bits per heavy atom. The lowest BCUT2D eigenvalue weighted by Gasteiger charge is -2.32. The molecule has 127 heavy (non-hydrogen) atoms. The van der Waals surface area contributed by atoms with Gasteiger partial charge < -0.3 is 82.3 Å². The molecule has 0 amide bonds. The summed E-state index contributed by atoms with van der Waals surface area (Å²) in [4.78, 5) is 60.0. The molecular weight excluding hydrogens is 1620 g/mol. The highest BCUT2D eigenvalue weighted by molar-refractivity contribution is 5.92. The zero-order valence-electron chi connectivity index (χ0n) is 71.4. The highest BCUT2D eigenvalue weighted by Crippen LogP contribution is 2.58. The van der Waals surface area contributed by atoms with Crippen molar-refractivity contribution in [2.24, 2.45) is 39.9 Å². The van der Waals surface area contributed by atoms with Gasteiger partial charge in [0, 0.05) is 221 Å². The number of nitrogens with two attached hydrogens (primary N) is 3. The Hall–Kier alpha value is -13.0. The van der Waals surface area contributed by atoms with Crippen LogP contribution in [0.5, 0.6) is 47.0 Å². The summed E-state index contributed by atoms with van der Waals surface area (Å²) in [7, 11) is 7.21. The molecule has 5 aromatic carbocycles. The number of anilines is 8. The molecule has 32 heteroatoms. The number of hydrogen-bond acceptors (Lipinski definition) is 27. The van der Waals surface area contributed by atoms with Gasteiger partial charge in [-0.15, -0.1) is 0 Å². The van der Waals surface area contributed by atoms with Crippen LogP contribution in [0, 0.1) is 72.5 Å². The van der Waals surface area contributed by atoms with E-state index in [1.807, 2.05) is 71.3 Å². The van der Waals surface area contributed by atoms with Gasteiger partial charge in [-0.3, -0.25) is 15.0 Å². The van der Waals surface area contributed by atoms with Crippen molar-refractivity contribution in [1.29, 1.82) is 0 Å². The lowest BCUT2D eigenvalue weighted by molar-refractivity contribution is 0.297. The van der Waals surface area contributed by atoms with Gasteiger partial charge in [-0.2, -0.15) is 39.9 Å². The fraction of sp³-hybridized carbons (Fsp3) is 0.358. The predicted molar refractivity (Wildman–Crippen MR) is 476 cm³/mol. The minimum Gasteiger partial charge on any atom is -0.424 e. The van der Waals surface area contributed by atoms with Gasteiger partial charge >= 0.3 is 24.0 Å². The van der Waals surface area contributed by atoms with E-state index in [1.165, 1.54) is 36.4 Å². The number of aryl methyl sites for hydroxylation is 3. The van der Waals surface area contributed by atoms with Crippen molar-refractivity contribution < 1.29 is 40.9 Å². The molecule has 8 fully saturated rings. The standard InChI is InChI=1S/C24H23F2N5O.2C24H25FN6O.C23H23FN6O/c1-28-20-8-14(26)7-18-17(20)10-21-22(18)23(31-11-12-5-15(31)9-19(12)27)30-24(29-21)32-16-4-2-3-13(25)6-16;1-13-3-4-15(11-28-13)32-23-29-19-9-16-17(7-14(25)8-18(16)27-2)21(19)22(30-23)31-6-5-24(12-31)10-20(24)26;1-13-3-4-15(10-28-13)32-23-29-19-9-16-17(7-14(25)8-18(16)27-2)21(19)22(30-23)31-11-20(26)24(12-31)5-6-24;1-12-3-4-15(9-26-12)31-23-28-19-7-16-17(5-14(24)6-18(16)25-2)21(19)22(29-23)30-10-13-8-27-20(13)11-30/h2-4,6-8,12,15,19,28H,5,9-11,27H2,1H3;3-4,7-8,11,20,27H,5-6,9-10,12,26H2,1-2H3;3-4,7-8,10,20,27H,5-6,9,11-12,26H2,1-2H3;3-6,9,13,20,25,27H,7-8,10-11H2,1-2H3/t12-,15?,19-;;;/m1.../s1. The van der Waals surface area contributed by atoms with Crippen LogP contribution < -0.4 is 82.3 Å². The summed E-state index contributed by atoms with van der Waals surface area (Å²) < 4.78 is 95.3. The van der Waals surface area contributed by atoms with E-state index in [0.717, 1.165) is 244 Å². The number of halogens is 5. The van der Waals surface area contributed by atoms with Crippen molar-refractivity contribution >= 4 is 46.0 Å². The first-order valence-corrected chi connectivity index (χ1v) is 43.4. The first-order valence-electron chi connectivity index (χ1n) is 43.4. The maximum Gasteiger partial charge on any atom is 0.324 e. The third-order valence-corrected chi connectivity index (χ3v) is 27.5. The molecule has 12 heterocycles. The molecule has 3 saturated carbocycles. The summed E-state index contributed by atoms with van der Waals surface area (Å²) in [6, 6.07) is 31.9. The minimum atomic E-state index is -0.392. The number of piperidine rings is 1. The van der Waals surface area contributed by atoms with E-state index in [2.05, 4.69) is 66.1 Å². The zero-order valence-corrected chi connectivity index (χ0v) is 71.4. The van der Waals surface area contributed by atoms with Crippen LogP contribution in [0.25, 0.3) is 44.5 Å². The maximum atomic E-state index is 14.5. The topological polar surface area (TPSA) is 330 Å². The summed E-state index contributed by atoms with van der Waals surface area (Å²) in [5, 5.41) is 15.9. The van der Waals surface area contributed by atoms with Gasteiger partial charge in [0.2, 0.25) is 0 Å². The quantitative estimate of drug-likeness (QED) is 0.0417. The first kappa shape index (κ1) is 81.0. The molecule has 7 aromatic heterocycles. The molecule has 11 N–H and O–H groups in total. The molecule has 5 aliphatic heterocycles. The van der Waals surface area contributed by atoms with Gasteiger partial charge in [0.15, 0.2) is 0 Å². The number of fused-ring (bicyclic) bond motifs is 15. The summed E-state index contributed by atoms with van der Waals surface area (Å²) >= 11 is 0. The van der Waals surface area contributed by atoms with E-state index in [-0.39, 0.29) is 76.3 Å². The van der Waals surface area contributed by atoms with Crippen LogP contribution in [0.3, 0.4) is 0 Å².